The maximum Gasteiger partial charge on any atom is 0.286 e. The van der Waals surface area contributed by atoms with E-state index in [1.807, 2.05) is 0 Å². The minimum atomic E-state index is 0.606. The fourth-order valence-electron chi connectivity index (χ4n) is 2.77. The van der Waals surface area contributed by atoms with E-state index >= 15 is 0 Å². The van der Waals surface area contributed by atoms with E-state index in [4.69, 9.17) is 5.26 Å². The fourth-order valence-corrected chi connectivity index (χ4v) is 2.77. The van der Waals surface area contributed by atoms with E-state index in [-0.39, 0.29) is 0 Å². The number of hydrogen-bond donors (Lipinski definition) is 0. The lowest BCUT2D eigenvalue weighted by atomic mass is 10.0. The van der Waals surface area contributed by atoms with E-state index in [9.17, 15) is 0 Å². The SMILES string of the molecule is CCCCCCCCCCCCCCCCCCOC#N. The van der Waals surface area contributed by atoms with Gasteiger partial charge in [-0.25, -0.2) is 0 Å². The summed E-state index contributed by atoms with van der Waals surface area (Å²) in [4.78, 5) is 0. The highest BCUT2D eigenvalue weighted by Gasteiger charge is 1.94. The first kappa shape index (κ1) is 20.3. The summed E-state index contributed by atoms with van der Waals surface area (Å²) in [7, 11) is 0. The second kappa shape index (κ2) is 19.3. The van der Waals surface area contributed by atoms with Gasteiger partial charge in [0.15, 0.2) is 0 Å². The molecule has 0 aromatic rings. The number of hydrogen-bond acceptors (Lipinski definition) is 2. The molecule has 0 rings (SSSR count). The highest BCUT2D eigenvalue weighted by atomic mass is 16.5. The highest BCUT2D eigenvalue weighted by Crippen LogP contribution is 2.13. The summed E-state index contributed by atoms with van der Waals surface area (Å²) in [5.41, 5.74) is 0. The number of nitrogens with zero attached hydrogens (tertiary/aromatic N) is 1. The van der Waals surface area contributed by atoms with Gasteiger partial charge in [-0.05, 0) is 6.42 Å². The smallest absolute Gasteiger partial charge is 0.286 e. The van der Waals surface area contributed by atoms with Crippen molar-refractivity contribution in [2.24, 2.45) is 0 Å². The Kier molecular flexibility index (Phi) is 18.6. The van der Waals surface area contributed by atoms with Crippen molar-refractivity contribution < 1.29 is 4.74 Å². The standard InChI is InChI=1S/C19H37NO/c1-2-3-4-5-6-7-8-9-10-11-12-13-14-15-16-17-18-21-19-20/h2-18H2,1H3. The van der Waals surface area contributed by atoms with Gasteiger partial charge in [-0.3, -0.25) is 0 Å². The van der Waals surface area contributed by atoms with Crippen LogP contribution in [-0.4, -0.2) is 6.61 Å². The first-order valence-corrected chi connectivity index (χ1v) is 9.42. The Bertz CT molecular complexity index is 222. The summed E-state index contributed by atoms with van der Waals surface area (Å²) >= 11 is 0. The van der Waals surface area contributed by atoms with Crippen LogP contribution in [-0.2, 0) is 4.74 Å². The van der Waals surface area contributed by atoms with Gasteiger partial charge in [0.2, 0.25) is 0 Å². The lowest BCUT2D eigenvalue weighted by molar-refractivity contribution is 0.260. The van der Waals surface area contributed by atoms with E-state index in [0.29, 0.717) is 6.61 Å². The Hall–Kier alpha value is -0.710. The van der Waals surface area contributed by atoms with E-state index in [0.717, 1.165) is 6.42 Å². The summed E-state index contributed by atoms with van der Waals surface area (Å²) in [5.74, 6) is 0. The van der Waals surface area contributed by atoms with Crippen LogP contribution in [0.3, 0.4) is 0 Å². The van der Waals surface area contributed by atoms with E-state index < -0.39 is 0 Å². The van der Waals surface area contributed by atoms with Crippen molar-refractivity contribution in [2.75, 3.05) is 6.61 Å². The van der Waals surface area contributed by atoms with Gasteiger partial charge < -0.3 is 4.74 Å². The number of rotatable bonds is 17. The molecule has 0 N–H and O–H groups in total. The van der Waals surface area contributed by atoms with Gasteiger partial charge in [0, 0.05) is 0 Å². The zero-order valence-electron chi connectivity index (χ0n) is 14.4. The third-order valence-electron chi connectivity index (χ3n) is 4.16. The van der Waals surface area contributed by atoms with Crippen LogP contribution in [0.2, 0.25) is 0 Å². The third-order valence-corrected chi connectivity index (χ3v) is 4.16. The summed E-state index contributed by atoms with van der Waals surface area (Å²) < 4.78 is 4.66. The quantitative estimate of drug-likeness (QED) is 0.220. The van der Waals surface area contributed by atoms with Crippen molar-refractivity contribution in [3.05, 3.63) is 0 Å². The molecule has 21 heavy (non-hydrogen) atoms. The van der Waals surface area contributed by atoms with Crippen molar-refractivity contribution in [1.82, 2.24) is 0 Å². The molecule has 0 bridgehead atoms. The zero-order valence-corrected chi connectivity index (χ0v) is 14.4. The highest BCUT2D eigenvalue weighted by molar-refractivity contribution is 4.51. The first-order valence-electron chi connectivity index (χ1n) is 9.42. The maximum absolute atomic E-state index is 8.22. The predicted molar refractivity (Wildman–Crippen MR) is 91.1 cm³/mol. The van der Waals surface area contributed by atoms with Crippen LogP contribution < -0.4 is 0 Å². The monoisotopic (exact) mass is 295 g/mol. The molecule has 124 valence electrons. The Labute approximate surface area is 133 Å². The average molecular weight is 296 g/mol. The number of ether oxygens (including phenoxy) is 1. The van der Waals surface area contributed by atoms with E-state index in [1.165, 1.54) is 96.3 Å². The summed E-state index contributed by atoms with van der Waals surface area (Å²) in [5, 5.41) is 8.22. The molecule has 0 atom stereocenters. The van der Waals surface area contributed by atoms with E-state index in [2.05, 4.69) is 11.7 Å². The summed E-state index contributed by atoms with van der Waals surface area (Å²) in [6.07, 6.45) is 23.7. The molecule has 0 aliphatic carbocycles. The second-order valence-electron chi connectivity index (χ2n) is 6.24. The van der Waals surface area contributed by atoms with Crippen LogP contribution >= 0.6 is 0 Å². The fraction of sp³-hybridized carbons (Fsp3) is 0.947. The average Bonchev–Trinajstić information content (AvgIpc) is 2.50. The van der Waals surface area contributed by atoms with Crippen LogP contribution in [0, 0.1) is 11.5 Å². The normalized spacial score (nSPS) is 10.5. The molecular formula is C19H37NO. The number of unbranched alkanes of at least 4 members (excludes halogenated alkanes) is 15. The first-order chi connectivity index (χ1) is 10.4. The van der Waals surface area contributed by atoms with Crippen molar-refractivity contribution >= 4 is 0 Å². The minimum absolute atomic E-state index is 0.606. The van der Waals surface area contributed by atoms with Crippen molar-refractivity contribution in [1.29, 1.82) is 5.26 Å². The molecule has 0 unspecified atom stereocenters. The van der Waals surface area contributed by atoms with Crippen LogP contribution in [0.1, 0.15) is 110 Å². The molecule has 0 aliphatic heterocycles. The van der Waals surface area contributed by atoms with Gasteiger partial charge in [0.1, 0.15) is 6.61 Å². The van der Waals surface area contributed by atoms with Gasteiger partial charge in [-0.1, -0.05) is 103 Å². The minimum Gasteiger partial charge on any atom is -0.428 e. The molecule has 0 saturated heterocycles. The van der Waals surface area contributed by atoms with Gasteiger partial charge in [0.25, 0.3) is 6.26 Å². The topological polar surface area (TPSA) is 33.0 Å². The molecular weight excluding hydrogens is 258 g/mol. The Morgan fingerprint density at radius 3 is 1.24 bits per heavy atom. The van der Waals surface area contributed by atoms with Crippen molar-refractivity contribution in [2.45, 2.75) is 110 Å². The molecule has 2 heteroatoms. The lowest BCUT2D eigenvalue weighted by Gasteiger charge is -2.03. The molecule has 0 radical (unpaired) electrons. The van der Waals surface area contributed by atoms with Gasteiger partial charge in [-0.2, -0.15) is 5.26 Å². The Morgan fingerprint density at radius 1 is 0.571 bits per heavy atom. The lowest BCUT2D eigenvalue weighted by Crippen LogP contribution is -1.88. The molecule has 0 aliphatic rings. The summed E-state index contributed by atoms with van der Waals surface area (Å²) in [6, 6.07) is 0. The van der Waals surface area contributed by atoms with Gasteiger partial charge >= 0.3 is 0 Å². The predicted octanol–water partition coefficient (Wildman–Crippen LogP) is 6.75. The van der Waals surface area contributed by atoms with E-state index in [1.54, 1.807) is 6.26 Å². The van der Waals surface area contributed by atoms with Gasteiger partial charge in [0.05, 0.1) is 0 Å². The van der Waals surface area contributed by atoms with Crippen molar-refractivity contribution in [3.8, 4) is 6.26 Å². The zero-order chi connectivity index (χ0) is 15.4. The van der Waals surface area contributed by atoms with Crippen LogP contribution in [0.5, 0.6) is 0 Å². The third kappa shape index (κ3) is 19.3. The van der Waals surface area contributed by atoms with Gasteiger partial charge in [-0.15, -0.1) is 0 Å². The molecule has 0 amide bonds. The Morgan fingerprint density at radius 2 is 0.905 bits per heavy atom. The molecule has 0 spiro atoms. The Balaban J connectivity index is 2.92. The largest absolute Gasteiger partial charge is 0.428 e. The molecule has 0 aromatic carbocycles. The second-order valence-corrected chi connectivity index (χ2v) is 6.24. The number of nitriles is 1. The molecule has 0 saturated carbocycles. The molecule has 0 fully saturated rings. The van der Waals surface area contributed by atoms with Crippen LogP contribution in [0.15, 0.2) is 0 Å². The van der Waals surface area contributed by atoms with Crippen molar-refractivity contribution in [3.63, 3.8) is 0 Å². The molecule has 0 heterocycles. The molecule has 0 aromatic heterocycles. The molecule has 2 nitrogen and oxygen atoms in total. The maximum atomic E-state index is 8.22. The summed E-state index contributed by atoms with van der Waals surface area (Å²) in [6.45, 7) is 2.89. The van der Waals surface area contributed by atoms with Crippen LogP contribution in [0.4, 0.5) is 0 Å². The van der Waals surface area contributed by atoms with Crippen LogP contribution in [0.25, 0.3) is 0 Å².